The van der Waals surface area contributed by atoms with Crippen LogP contribution in [0.15, 0.2) is 97.2 Å². The number of fused-ring (bicyclic) bond motifs is 3. The molecule has 0 aliphatic carbocycles. The summed E-state index contributed by atoms with van der Waals surface area (Å²) in [5, 5.41) is 12.9. The minimum absolute atomic E-state index is 0. The molecule has 0 amide bonds. The number of benzene rings is 3. The van der Waals surface area contributed by atoms with E-state index in [1.807, 2.05) is 41.1 Å². The molecule has 5 heteroatoms. The SMILES string of the molecule is CC(C)(C)c1ccnc(C(C)(C)c2[c-]c(-c3ccc4c5ccccc5n(-c5ccccc5O)c4n3)ccc2)c1.[Pt]. The molecule has 204 valence electrons. The van der Waals surface area contributed by atoms with Crippen LogP contribution in [-0.2, 0) is 31.9 Å². The minimum atomic E-state index is -0.341. The fourth-order valence-electron chi connectivity index (χ4n) is 5.25. The van der Waals surface area contributed by atoms with Crippen LogP contribution in [-0.4, -0.2) is 19.6 Å². The van der Waals surface area contributed by atoms with Gasteiger partial charge in [-0.05, 0) is 47.0 Å². The van der Waals surface area contributed by atoms with E-state index in [4.69, 9.17) is 9.97 Å². The molecule has 3 aromatic heterocycles. The first-order valence-electron chi connectivity index (χ1n) is 13.3. The van der Waals surface area contributed by atoms with E-state index in [1.54, 1.807) is 6.07 Å². The summed E-state index contributed by atoms with van der Waals surface area (Å²) in [5.41, 5.74) is 7.30. The van der Waals surface area contributed by atoms with Crippen molar-refractivity contribution < 1.29 is 26.2 Å². The average molecular weight is 706 g/mol. The van der Waals surface area contributed by atoms with Gasteiger partial charge in [-0.15, -0.1) is 35.4 Å². The Morgan fingerprint density at radius 2 is 1.52 bits per heavy atom. The van der Waals surface area contributed by atoms with Gasteiger partial charge in [0.1, 0.15) is 11.4 Å². The van der Waals surface area contributed by atoms with Gasteiger partial charge in [0.05, 0.1) is 11.2 Å². The molecule has 0 atom stereocenters. The molecule has 0 aliphatic heterocycles. The van der Waals surface area contributed by atoms with Crippen LogP contribution < -0.4 is 0 Å². The second kappa shape index (κ2) is 10.3. The van der Waals surface area contributed by atoms with Gasteiger partial charge in [0, 0.05) is 49.1 Å². The van der Waals surface area contributed by atoms with Crippen molar-refractivity contribution in [2.45, 2.75) is 45.4 Å². The van der Waals surface area contributed by atoms with E-state index in [0.29, 0.717) is 5.69 Å². The summed E-state index contributed by atoms with van der Waals surface area (Å²) in [6.07, 6.45) is 1.91. The number of rotatable bonds is 4. The zero-order valence-corrected chi connectivity index (χ0v) is 25.6. The molecular formula is C35H32N3OPt-. The fourth-order valence-corrected chi connectivity index (χ4v) is 5.25. The fraction of sp³-hybridized carbons (Fsp3) is 0.200. The molecule has 6 aromatic rings. The van der Waals surface area contributed by atoms with Crippen LogP contribution in [0.5, 0.6) is 5.75 Å². The molecule has 0 saturated heterocycles. The first kappa shape index (κ1) is 27.8. The third-order valence-corrected chi connectivity index (χ3v) is 7.66. The monoisotopic (exact) mass is 705 g/mol. The van der Waals surface area contributed by atoms with Crippen molar-refractivity contribution in [3.8, 4) is 22.7 Å². The summed E-state index contributed by atoms with van der Waals surface area (Å²) in [7, 11) is 0. The summed E-state index contributed by atoms with van der Waals surface area (Å²) >= 11 is 0. The van der Waals surface area contributed by atoms with Crippen LogP contribution in [0.25, 0.3) is 38.9 Å². The van der Waals surface area contributed by atoms with Crippen molar-refractivity contribution in [1.29, 1.82) is 0 Å². The van der Waals surface area contributed by atoms with Crippen LogP contribution in [0.1, 0.15) is 51.4 Å². The van der Waals surface area contributed by atoms with Crippen LogP contribution in [0.2, 0.25) is 0 Å². The van der Waals surface area contributed by atoms with E-state index in [0.717, 1.165) is 44.5 Å². The zero-order valence-electron chi connectivity index (χ0n) is 23.3. The predicted octanol–water partition coefficient (Wildman–Crippen LogP) is 8.37. The van der Waals surface area contributed by atoms with Gasteiger partial charge in [-0.2, -0.15) is 0 Å². The van der Waals surface area contributed by atoms with Gasteiger partial charge in [-0.1, -0.05) is 77.1 Å². The van der Waals surface area contributed by atoms with E-state index in [2.05, 4.69) is 95.3 Å². The van der Waals surface area contributed by atoms with E-state index in [9.17, 15) is 5.11 Å². The van der Waals surface area contributed by atoms with E-state index in [-0.39, 0.29) is 37.6 Å². The van der Waals surface area contributed by atoms with Crippen LogP contribution >= 0.6 is 0 Å². The van der Waals surface area contributed by atoms with Gasteiger partial charge in [-0.25, -0.2) is 0 Å². The van der Waals surface area contributed by atoms with E-state index in [1.165, 1.54) is 5.56 Å². The van der Waals surface area contributed by atoms with E-state index < -0.39 is 0 Å². The average Bonchev–Trinajstić information content (AvgIpc) is 3.26. The molecule has 3 heterocycles. The van der Waals surface area contributed by atoms with Gasteiger partial charge < -0.3 is 5.11 Å². The maximum atomic E-state index is 10.7. The Balaban J connectivity index is 0.00000323. The summed E-state index contributed by atoms with van der Waals surface area (Å²) in [5.74, 6) is 0.215. The van der Waals surface area contributed by atoms with Crippen molar-refractivity contribution in [2.75, 3.05) is 0 Å². The Hall–Kier alpha value is -3.75. The smallest absolute Gasteiger partial charge is 0.139 e. The molecule has 1 N–H and O–H groups in total. The summed E-state index contributed by atoms with van der Waals surface area (Å²) < 4.78 is 2.04. The van der Waals surface area contributed by atoms with Crippen molar-refractivity contribution in [3.63, 3.8) is 0 Å². The first-order chi connectivity index (χ1) is 18.6. The zero-order chi connectivity index (χ0) is 27.4. The van der Waals surface area contributed by atoms with Crippen LogP contribution in [0.4, 0.5) is 0 Å². The topological polar surface area (TPSA) is 50.9 Å². The molecule has 0 spiro atoms. The second-order valence-electron chi connectivity index (χ2n) is 11.7. The van der Waals surface area contributed by atoms with Gasteiger partial charge >= 0.3 is 0 Å². The number of nitrogens with zero attached hydrogens (tertiary/aromatic N) is 3. The molecular weight excluding hydrogens is 673 g/mol. The normalized spacial score (nSPS) is 12.0. The predicted molar refractivity (Wildman–Crippen MR) is 160 cm³/mol. The molecule has 0 radical (unpaired) electrons. The molecule has 3 aromatic carbocycles. The molecule has 0 aliphatic rings. The molecule has 4 nitrogen and oxygen atoms in total. The molecule has 0 unspecified atom stereocenters. The first-order valence-corrected chi connectivity index (χ1v) is 13.3. The van der Waals surface area contributed by atoms with Gasteiger partial charge in [0.2, 0.25) is 0 Å². The maximum absolute atomic E-state index is 10.7. The van der Waals surface area contributed by atoms with Crippen molar-refractivity contribution in [2.24, 2.45) is 0 Å². The molecule has 0 bridgehead atoms. The van der Waals surface area contributed by atoms with Crippen LogP contribution in [0.3, 0.4) is 0 Å². The number of aromatic nitrogens is 3. The Morgan fingerprint density at radius 3 is 2.30 bits per heavy atom. The Labute approximate surface area is 250 Å². The number of hydrogen-bond acceptors (Lipinski definition) is 3. The largest absolute Gasteiger partial charge is 0.506 e. The van der Waals surface area contributed by atoms with E-state index >= 15 is 0 Å². The Morgan fingerprint density at radius 1 is 0.775 bits per heavy atom. The molecule has 6 rings (SSSR count). The molecule has 0 fully saturated rings. The number of aromatic hydroxyl groups is 1. The summed E-state index contributed by atoms with van der Waals surface area (Å²) in [6, 6.07) is 34.0. The Bertz CT molecular complexity index is 1850. The summed E-state index contributed by atoms with van der Waals surface area (Å²) in [6.45, 7) is 11.1. The molecule has 0 saturated carbocycles. The van der Waals surface area contributed by atoms with Crippen LogP contribution in [0, 0.1) is 6.07 Å². The van der Waals surface area contributed by atoms with Gasteiger partial charge in [0.25, 0.3) is 0 Å². The molecule has 40 heavy (non-hydrogen) atoms. The number of pyridine rings is 2. The Kier molecular flexibility index (Phi) is 7.18. The number of phenolic OH excluding ortho intramolecular Hbond substituents is 1. The van der Waals surface area contributed by atoms with Crippen molar-refractivity contribution in [1.82, 2.24) is 14.5 Å². The third kappa shape index (κ3) is 4.75. The second-order valence-corrected chi connectivity index (χ2v) is 11.7. The number of hydrogen-bond donors (Lipinski definition) is 1. The van der Waals surface area contributed by atoms with Gasteiger partial charge in [0.15, 0.2) is 0 Å². The minimum Gasteiger partial charge on any atom is -0.506 e. The van der Waals surface area contributed by atoms with Crippen molar-refractivity contribution >= 4 is 21.9 Å². The van der Waals surface area contributed by atoms with Gasteiger partial charge in [-0.3, -0.25) is 14.5 Å². The maximum Gasteiger partial charge on any atom is 0.139 e. The number of phenols is 1. The summed E-state index contributed by atoms with van der Waals surface area (Å²) in [4.78, 5) is 9.91. The standard InChI is InChI=1S/C35H32N3O.Pt/c1-34(2,3)24-19-20-36-32(22-24)35(4,5)25-12-10-11-23(21-25)28-18-17-27-26-13-6-7-14-29(26)38(33(27)37-28)30-15-8-9-16-31(30)39;/h6-20,22,39H,1-5H3;/q-1;. The third-order valence-electron chi connectivity index (χ3n) is 7.66. The number of para-hydroxylation sites is 3. The van der Waals surface area contributed by atoms with Crippen molar-refractivity contribution in [3.05, 3.63) is 120 Å². The quantitative estimate of drug-likeness (QED) is 0.188.